The van der Waals surface area contributed by atoms with Gasteiger partial charge in [0.15, 0.2) is 5.96 Å². The van der Waals surface area contributed by atoms with E-state index >= 15 is 0 Å². The minimum Gasteiger partial charge on any atom is -0.469 e. The van der Waals surface area contributed by atoms with Gasteiger partial charge in [0.2, 0.25) is 5.91 Å². The molecule has 1 fully saturated rings. The Bertz CT molecular complexity index is 513. The molecular weight excluding hydrogens is 304 g/mol. The second-order valence-electron chi connectivity index (χ2n) is 6.28. The molecule has 0 aromatic carbocycles. The number of likely N-dealkylation sites (tertiary alicyclic amines) is 1. The molecule has 24 heavy (non-hydrogen) atoms. The smallest absolute Gasteiger partial charge is 0.222 e. The Morgan fingerprint density at radius 2 is 2.38 bits per heavy atom. The summed E-state index contributed by atoms with van der Waals surface area (Å²) in [7, 11) is 0. The predicted octanol–water partition coefficient (Wildman–Crippen LogP) is 2.17. The highest BCUT2D eigenvalue weighted by Gasteiger charge is 2.18. The standard InChI is InChI=1S/C18H30N4O2/c1-3-15(2)21-18(20-11-9-16-7-5-14-24-16)19-10-6-13-22-12-4-8-17(22)23/h5,7,14-15H,3-4,6,8-13H2,1-2H3,(H2,19,20,21). The molecule has 1 saturated heterocycles. The normalized spacial score (nSPS) is 16.5. The van der Waals surface area contributed by atoms with Gasteiger partial charge in [-0.2, -0.15) is 0 Å². The predicted molar refractivity (Wildman–Crippen MR) is 96.0 cm³/mol. The van der Waals surface area contributed by atoms with Crippen LogP contribution in [0.5, 0.6) is 0 Å². The van der Waals surface area contributed by atoms with Crippen LogP contribution in [0.3, 0.4) is 0 Å². The molecule has 0 saturated carbocycles. The summed E-state index contributed by atoms with van der Waals surface area (Å²) in [4.78, 5) is 18.2. The maximum atomic E-state index is 11.6. The van der Waals surface area contributed by atoms with Crippen molar-refractivity contribution in [3.8, 4) is 0 Å². The first-order chi connectivity index (χ1) is 11.7. The lowest BCUT2D eigenvalue weighted by atomic mass is 10.3. The van der Waals surface area contributed by atoms with Crippen LogP contribution in [0.15, 0.2) is 27.8 Å². The van der Waals surface area contributed by atoms with Crippen molar-refractivity contribution in [2.75, 3.05) is 26.2 Å². The molecule has 0 radical (unpaired) electrons. The van der Waals surface area contributed by atoms with Gasteiger partial charge < -0.3 is 20.0 Å². The van der Waals surface area contributed by atoms with Crippen molar-refractivity contribution in [3.05, 3.63) is 24.2 Å². The second-order valence-corrected chi connectivity index (χ2v) is 6.28. The van der Waals surface area contributed by atoms with Crippen LogP contribution in [0.25, 0.3) is 0 Å². The van der Waals surface area contributed by atoms with Crippen LogP contribution in [0.2, 0.25) is 0 Å². The number of carbonyl (C=O) groups excluding carboxylic acids is 1. The molecular formula is C18H30N4O2. The van der Waals surface area contributed by atoms with Gasteiger partial charge in [-0.15, -0.1) is 0 Å². The molecule has 1 aromatic heterocycles. The zero-order valence-electron chi connectivity index (χ0n) is 14.9. The van der Waals surface area contributed by atoms with Crippen molar-refractivity contribution >= 4 is 11.9 Å². The molecule has 6 heteroatoms. The molecule has 1 atom stereocenters. The first-order valence-corrected chi connectivity index (χ1v) is 9.04. The Morgan fingerprint density at radius 3 is 3.04 bits per heavy atom. The summed E-state index contributed by atoms with van der Waals surface area (Å²) in [5.41, 5.74) is 0. The van der Waals surface area contributed by atoms with Gasteiger partial charge in [-0.25, -0.2) is 0 Å². The molecule has 1 amide bonds. The number of guanidine groups is 1. The van der Waals surface area contributed by atoms with Gasteiger partial charge in [-0.1, -0.05) is 6.92 Å². The van der Waals surface area contributed by atoms with Crippen molar-refractivity contribution in [1.29, 1.82) is 0 Å². The molecule has 6 nitrogen and oxygen atoms in total. The Morgan fingerprint density at radius 1 is 1.50 bits per heavy atom. The van der Waals surface area contributed by atoms with Crippen LogP contribution in [-0.2, 0) is 11.2 Å². The van der Waals surface area contributed by atoms with E-state index in [1.165, 1.54) is 0 Å². The summed E-state index contributed by atoms with van der Waals surface area (Å²) in [6.07, 6.45) is 6.17. The average molecular weight is 334 g/mol. The number of furan rings is 1. The summed E-state index contributed by atoms with van der Waals surface area (Å²) in [5.74, 6) is 2.09. The topological polar surface area (TPSA) is 69.9 Å². The maximum Gasteiger partial charge on any atom is 0.222 e. The molecule has 0 spiro atoms. The highest BCUT2D eigenvalue weighted by molar-refractivity contribution is 5.80. The molecule has 0 bridgehead atoms. The van der Waals surface area contributed by atoms with E-state index in [2.05, 4.69) is 29.5 Å². The van der Waals surface area contributed by atoms with Crippen molar-refractivity contribution in [2.45, 2.75) is 52.0 Å². The van der Waals surface area contributed by atoms with E-state index in [4.69, 9.17) is 4.42 Å². The Labute approximate surface area is 144 Å². The van der Waals surface area contributed by atoms with Gasteiger partial charge in [0.1, 0.15) is 5.76 Å². The van der Waals surface area contributed by atoms with Crippen molar-refractivity contribution in [2.24, 2.45) is 4.99 Å². The van der Waals surface area contributed by atoms with E-state index in [0.29, 0.717) is 12.5 Å². The number of hydrogen-bond acceptors (Lipinski definition) is 3. The van der Waals surface area contributed by atoms with Crippen LogP contribution in [0, 0.1) is 0 Å². The first-order valence-electron chi connectivity index (χ1n) is 9.04. The van der Waals surface area contributed by atoms with Crippen LogP contribution in [0.1, 0.15) is 45.3 Å². The zero-order chi connectivity index (χ0) is 17.2. The minimum atomic E-state index is 0.286. The molecule has 134 valence electrons. The summed E-state index contributed by atoms with van der Waals surface area (Å²) in [6, 6.07) is 4.26. The van der Waals surface area contributed by atoms with Gasteiger partial charge in [0.25, 0.3) is 0 Å². The van der Waals surface area contributed by atoms with Crippen LogP contribution in [0.4, 0.5) is 0 Å². The highest BCUT2D eigenvalue weighted by atomic mass is 16.3. The van der Waals surface area contributed by atoms with Crippen molar-refractivity contribution in [1.82, 2.24) is 15.5 Å². The summed E-state index contributed by atoms with van der Waals surface area (Å²) < 4.78 is 5.35. The van der Waals surface area contributed by atoms with Crippen LogP contribution < -0.4 is 10.6 Å². The molecule has 2 rings (SSSR count). The van der Waals surface area contributed by atoms with Crippen LogP contribution in [-0.4, -0.2) is 49.0 Å². The second kappa shape index (κ2) is 10.0. The number of nitrogens with one attached hydrogen (secondary N) is 2. The number of rotatable bonds is 9. The van der Waals surface area contributed by atoms with E-state index in [1.54, 1.807) is 6.26 Å². The van der Waals surface area contributed by atoms with E-state index in [1.807, 2.05) is 17.0 Å². The SMILES string of the molecule is CCC(C)NC(=NCCCN1CCCC1=O)NCCc1ccco1. The van der Waals surface area contributed by atoms with Crippen LogP contribution >= 0.6 is 0 Å². The lowest BCUT2D eigenvalue weighted by Crippen LogP contribution is -2.43. The van der Waals surface area contributed by atoms with Gasteiger partial charge in [-0.3, -0.25) is 9.79 Å². The third-order valence-electron chi connectivity index (χ3n) is 4.27. The van der Waals surface area contributed by atoms with Gasteiger partial charge in [0, 0.05) is 45.1 Å². The molecule has 2 heterocycles. The number of aliphatic imine (C=N–C) groups is 1. The number of amides is 1. The molecule has 1 unspecified atom stereocenters. The third kappa shape index (κ3) is 6.26. The molecule has 2 N–H and O–H groups in total. The number of carbonyl (C=O) groups is 1. The number of nitrogens with zero attached hydrogens (tertiary/aromatic N) is 2. The maximum absolute atomic E-state index is 11.6. The molecule has 1 aliphatic heterocycles. The molecule has 1 aromatic rings. The van der Waals surface area contributed by atoms with Crippen molar-refractivity contribution < 1.29 is 9.21 Å². The quantitative estimate of drug-likeness (QED) is 0.412. The lowest BCUT2D eigenvalue weighted by Gasteiger charge is -2.17. The lowest BCUT2D eigenvalue weighted by molar-refractivity contribution is -0.127. The summed E-state index contributed by atoms with van der Waals surface area (Å²) in [6.45, 7) is 7.51. The number of hydrogen-bond donors (Lipinski definition) is 2. The molecule has 0 aliphatic carbocycles. The monoisotopic (exact) mass is 334 g/mol. The Hall–Kier alpha value is -1.98. The Balaban J connectivity index is 1.74. The van der Waals surface area contributed by atoms with E-state index in [9.17, 15) is 4.79 Å². The fourth-order valence-electron chi connectivity index (χ4n) is 2.64. The third-order valence-corrected chi connectivity index (χ3v) is 4.27. The van der Waals surface area contributed by atoms with Gasteiger partial charge >= 0.3 is 0 Å². The minimum absolute atomic E-state index is 0.286. The van der Waals surface area contributed by atoms with Crippen molar-refractivity contribution in [3.63, 3.8) is 0 Å². The average Bonchev–Trinajstić information content (AvgIpc) is 3.23. The van der Waals surface area contributed by atoms with Gasteiger partial charge in [0.05, 0.1) is 6.26 Å². The van der Waals surface area contributed by atoms with E-state index in [0.717, 1.165) is 63.6 Å². The summed E-state index contributed by atoms with van der Waals surface area (Å²) >= 11 is 0. The Kier molecular flexibility index (Phi) is 7.65. The van der Waals surface area contributed by atoms with Gasteiger partial charge in [-0.05, 0) is 38.3 Å². The molecule has 1 aliphatic rings. The largest absolute Gasteiger partial charge is 0.469 e. The van der Waals surface area contributed by atoms with E-state index < -0.39 is 0 Å². The van der Waals surface area contributed by atoms with E-state index in [-0.39, 0.29) is 5.91 Å². The first kappa shape index (κ1) is 18.4. The highest BCUT2D eigenvalue weighted by Crippen LogP contribution is 2.09. The fraction of sp³-hybridized carbons (Fsp3) is 0.667. The zero-order valence-corrected chi connectivity index (χ0v) is 14.9. The summed E-state index contributed by atoms with van der Waals surface area (Å²) in [5, 5.41) is 6.77. The fourth-order valence-corrected chi connectivity index (χ4v) is 2.64.